The average Bonchev–Trinajstić information content (AvgIpc) is 3.31. The highest BCUT2D eigenvalue weighted by molar-refractivity contribution is 7.97. The lowest BCUT2D eigenvalue weighted by Gasteiger charge is -2.43. The zero-order valence-electron chi connectivity index (χ0n) is 20.3. The van der Waals surface area contributed by atoms with Crippen molar-refractivity contribution >= 4 is 16.9 Å². The number of carbonyl (C=O) groups excluding carboxylic acids is 1. The zero-order chi connectivity index (χ0) is 23.8. The molecule has 5 unspecified atom stereocenters. The minimum atomic E-state index is -0.248. The number of hydrogen-bond donors (Lipinski definition) is 0. The summed E-state index contributed by atoms with van der Waals surface area (Å²) >= 11 is 0. The Morgan fingerprint density at radius 1 is 0.829 bits per heavy atom. The smallest absolute Gasteiger partial charge is 0.344 e. The lowest BCUT2D eigenvalue weighted by atomic mass is 9.71. The van der Waals surface area contributed by atoms with Gasteiger partial charge in [0.2, 0.25) is 0 Å². The maximum Gasteiger partial charge on any atom is 0.344 e. The number of carbonyl (C=O) groups is 1. The summed E-state index contributed by atoms with van der Waals surface area (Å²) in [5, 5.41) is 0. The standard InChI is InChI=1S/C31H33O3S/c1-2-31(24-18-22-17-23(20-24)29(31)19-22)34-30(32)21-33-25-13-15-28(16-14-25)35(26-9-5-3-6-10-26)27-11-7-4-8-12-27/h3-16,22-24,29H,2,17-21H2,1H3/q+1. The summed E-state index contributed by atoms with van der Waals surface area (Å²) in [4.78, 5) is 16.7. The molecule has 3 aromatic rings. The Morgan fingerprint density at radius 2 is 1.46 bits per heavy atom. The van der Waals surface area contributed by atoms with Gasteiger partial charge >= 0.3 is 5.97 Å². The monoisotopic (exact) mass is 485 g/mol. The molecule has 4 bridgehead atoms. The van der Waals surface area contributed by atoms with Crippen LogP contribution in [-0.2, 0) is 20.4 Å². The zero-order valence-corrected chi connectivity index (χ0v) is 21.1. The van der Waals surface area contributed by atoms with Gasteiger partial charge in [-0.05, 0) is 98.4 Å². The van der Waals surface area contributed by atoms with Gasteiger partial charge in [-0.3, -0.25) is 0 Å². The highest BCUT2D eigenvalue weighted by Gasteiger charge is 2.63. The van der Waals surface area contributed by atoms with Crippen LogP contribution in [0.1, 0.15) is 39.0 Å². The molecule has 3 aromatic carbocycles. The first-order chi connectivity index (χ1) is 17.2. The van der Waals surface area contributed by atoms with Crippen LogP contribution < -0.4 is 4.74 Å². The Hall–Kier alpha value is -2.72. The quantitative estimate of drug-likeness (QED) is 0.257. The molecular formula is C31H33O3S+. The number of esters is 1. The van der Waals surface area contributed by atoms with Crippen LogP contribution in [0.25, 0.3) is 0 Å². The van der Waals surface area contributed by atoms with Gasteiger partial charge in [0, 0.05) is 5.92 Å². The summed E-state index contributed by atoms with van der Waals surface area (Å²) in [7, 11) is -0.195. The Morgan fingerprint density at radius 3 is 2.06 bits per heavy atom. The molecule has 4 heteroatoms. The molecule has 35 heavy (non-hydrogen) atoms. The molecule has 0 heterocycles. The Kier molecular flexibility index (Phi) is 6.09. The first kappa shape index (κ1) is 22.7. The SMILES string of the molecule is CCC1(OC(=O)COc2ccc([S+](c3ccccc3)c3ccccc3)cc2)C2CC3CC(C2)C1C3. The molecule has 180 valence electrons. The van der Waals surface area contributed by atoms with E-state index in [0.29, 0.717) is 17.6 Å². The van der Waals surface area contributed by atoms with Crippen LogP contribution in [-0.4, -0.2) is 18.2 Å². The van der Waals surface area contributed by atoms with Crippen molar-refractivity contribution in [2.75, 3.05) is 6.61 Å². The summed E-state index contributed by atoms with van der Waals surface area (Å²) in [5.41, 5.74) is -0.248. The maximum absolute atomic E-state index is 12.9. The molecule has 4 aliphatic carbocycles. The summed E-state index contributed by atoms with van der Waals surface area (Å²) in [6, 6.07) is 29.4. The molecule has 7 rings (SSSR count). The maximum atomic E-state index is 12.9. The predicted octanol–water partition coefficient (Wildman–Crippen LogP) is 6.92. The van der Waals surface area contributed by atoms with Gasteiger partial charge in [-0.15, -0.1) is 0 Å². The van der Waals surface area contributed by atoms with E-state index in [1.54, 1.807) is 0 Å². The normalized spacial score (nSPS) is 28.4. The summed E-state index contributed by atoms with van der Waals surface area (Å²) in [5.74, 6) is 3.23. The molecule has 0 radical (unpaired) electrons. The van der Waals surface area contributed by atoms with E-state index in [9.17, 15) is 4.79 Å². The lowest BCUT2D eigenvalue weighted by molar-refractivity contribution is -0.177. The van der Waals surface area contributed by atoms with Crippen molar-refractivity contribution in [2.24, 2.45) is 23.7 Å². The molecule has 4 fully saturated rings. The molecule has 4 saturated carbocycles. The van der Waals surface area contributed by atoms with Crippen LogP contribution in [0.5, 0.6) is 5.75 Å². The first-order valence-electron chi connectivity index (χ1n) is 13.0. The Labute approximate surface area is 211 Å². The number of hydrogen-bond acceptors (Lipinski definition) is 3. The van der Waals surface area contributed by atoms with E-state index < -0.39 is 0 Å². The summed E-state index contributed by atoms with van der Waals surface area (Å²) in [6.07, 6.45) is 6.00. The molecule has 0 aliphatic heterocycles. The fourth-order valence-corrected chi connectivity index (χ4v) is 9.30. The van der Waals surface area contributed by atoms with E-state index in [-0.39, 0.29) is 29.1 Å². The van der Waals surface area contributed by atoms with Crippen LogP contribution in [0.15, 0.2) is 99.6 Å². The lowest BCUT2D eigenvalue weighted by Crippen LogP contribution is -2.47. The van der Waals surface area contributed by atoms with Crippen LogP contribution in [0.2, 0.25) is 0 Å². The molecule has 5 atom stereocenters. The fraction of sp³-hybridized carbons (Fsp3) is 0.387. The third-order valence-electron chi connectivity index (χ3n) is 8.55. The number of ether oxygens (including phenoxy) is 2. The Balaban J connectivity index is 1.13. The van der Waals surface area contributed by atoms with E-state index >= 15 is 0 Å². The molecule has 4 aliphatic rings. The van der Waals surface area contributed by atoms with Crippen molar-refractivity contribution in [3.05, 3.63) is 84.9 Å². The highest BCUT2D eigenvalue weighted by Crippen LogP contribution is 2.65. The first-order valence-corrected chi connectivity index (χ1v) is 14.2. The molecule has 0 saturated heterocycles. The molecule has 0 N–H and O–H groups in total. The van der Waals surface area contributed by atoms with E-state index in [1.807, 2.05) is 12.1 Å². The summed E-state index contributed by atoms with van der Waals surface area (Å²) < 4.78 is 12.2. The van der Waals surface area contributed by atoms with E-state index in [1.165, 1.54) is 40.4 Å². The Bertz CT molecular complexity index is 1120. The van der Waals surface area contributed by atoms with Gasteiger partial charge in [-0.2, -0.15) is 0 Å². The number of rotatable bonds is 8. The van der Waals surface area contributed by atoms with Gasteiger partial charge in [0.15, 0.2) is 21.3 Å². The fourth-order valence-electron chi connectivity index (χ4n) is 7.22. The van der Waals surface area contributed by atoms with E-state index in [2.05, 4.69) is 79.7 Å². The highest BCUT2D eigenvalue weighted by atomic mass is 32.2. The topological polar surface area (TPSA) is 35.5 Å². The number of benzene rings is 3. The van der Waals surface area contributed by atoms with Crippen molar-refractivity contribution in [1.82, 2.24) is 0 Å². The van der Waals surface area contributed by atoms with Crippen molar-refractivity contribution in [3.63, 3.8) is 0 Å². The second kappa shape index (κ2) is 9.39. The van der Waals surface area contributed by atoms with Gasteiger partial charge in [0.25, 0.3) is 0 Å². The third kappa shape index (κ3) is 4.16. The molecule has 0 aromatic heterocycles. The summed E-state index contributed by atoms with van der Waals surface area (Å²) in [6.45, 7) is 2.16. The van der Waals surface area contributed by atoms with Gasteiger partial charge in [-0.25, -0.2) is 4.79 Å². The van der Waals surface area contributed by atoms with Crippen molar-refractivity contribution in [2.45, 2.75) is 59.3 Å². The minimum Gasteiger partial charge on any atom is -0.482 e. The van der Waals surface area contributed by atoms with Crippen LogP contribution >= 0.6 is 0 Å². The van der Waals surface area contributed by atoms with Crippen molar-refractivity contribution in [3.8, 4) is 5.75 Å². The second-order valence-corrected chi connectivity index (χ2v) is 12.4. The van der Waals surface area contributed by atoms with Crippen LogP contribution in [0, 0.1) is 23.7 Å². The molecule has 0 spiro atoms. The van der Waals surface area contributed by atoms with Crippen molar-refractivity contribution < 1.29 is 14.3 Å². The largest absolute Gasteiger partial charge is 0.482 e. The van der Waals surface area contributed by atoms with Crippen LogP contribution in [0.4, 0.5) is 0 Å². The predicted molar refractivity (Wildman–Crippen MR) is 139 cm³/mol. The van der Waals surface area contributed by atoms with Crippen molar-refractivity contribution in [1.29, 1.82) is 0 Å². The second-order valence-electron chi connectivity index (χ2n) is 10.3. The minimum absolute atomic E-state index is 0.0300. The van der Waals surface area contributed by atoms with E-state index in [4.69, 9.17) is 9.47 Å². The van der Waals surface area contributed by atoms with Gasteiger partial charge < -0.3 is 9.47 Å². The van der Waals surface area contributed by atoms with Gasteiger partial charge in [0.1, 0.15) is 11.4 Å². The molecule has 0 amide bonds. The van der Waals surface area contributed by atoms with Gasteiger partial charge in [-0.1, -0.05) is 43.3 Å². The molecular weight excluding hydrogens is 452 g/mol. The van der Waals surface area contributed by atoms with E-state index in [0.717, 1.165) is 18.3 Å². The van der Waals surface area contributed by atoms with Crippen LogP contribution in [0.3, 0.4) is 0 Å². The third-order valence-corrected chi connectivity index (χ3v) is 10.8. The molecule has 3 nitrogen and oxygen atoms in total. The van der Waals surface area contributed by atoms with Gasteiger partial charge in [0.05, 0.1) is 10.9 Å². The average molecular weight is 486 g/mol.